The molecule has 0 aromatic rings. The minimum Gasteiger partial charge on any atom is -0.314 e. The molecule has 0 saturated heterocycles. The molecule has 0 radical (unpaired) electrons. The third-order valence-corrected chi connectivity index (χ3v) is 5.24. The third-order valence-electron chi connectivity index (χ3n) is 5.24. The first kappa shape index (κ1) is 14.4. The largest absolute Gasteiger partial charge is 0.314 e. The van der Waals surface area contributed by atoms with Gasteiger partial charge in [0.1, 0.15) is 0 Å². The molecular weight excluding hydrogens is 218 g/mol. The van der Waals surface area contributed by atoms with Crippen molar-refractivity contribution >= 4 is 0 Å². The molecule has 0 aromatic carbocycles. The van der Waals surface area contributed by atoms with E-state index in [0.29, 0.717) is 0 Å². The molecule has 1 N–H and O–H groups in total. The molecule has 2 aliphatic carbocycles. The highest BCUT2D eigenvalue weighted by Crippen LogP contribution is 2.43. The van der Waals surface area contributed by atoms with Crippen LogP contribution in [-0.2, 0) is 0 Å². The van der Waals surface area contributed by atoms with E-state index in [1.165, 1.54) is 70.8 Å². The predicted molar refractivity (Wildman–Crippen MR) is 79.8 cm³/mol. The zero-order valence-corrected chi connectivity index (χ0v) is 12.6. The number of hydrogen-bond acceptors (Lipinski definition) is 1. The van der Waals surface area contributed by atoms with E-state index in [4.69, 9.17) is 0 Å². The van der Waals surface area contributed by atoms with E-state index in [0.717, 1.165) is 23.8 Å². The first-order chi connectivity index (χ1) is 8.83. The number of nitrogens with one attached hydrogen (secondary N) is 1. The lowest BCUT2D eigenvalue weighted by atomic mass is 9.82. The molecule has 0 aliphatic heterocycles. The van der Waals surface area contributed by atoms with Gasteiger partial charge in [0.05, 0.1) is 0 Å². The van der Waals surface area contributed by atoms with Crippen LogP contribution < -0.4 is 5.32 Å². The molecule has 18 heavy (non-hydrogen) atoms. The summed E-state index contributed by atoms with van der Waals surface area (Å²) in [7, 11) is 0. The molecule has 0 amide bonds. The summed E-state index contributed by atoms with van der Waals surface area (Å²) in [5.74, 6) is 3.12. The maximum Gasteiger partial charge on any atom is 0.00699 e. The van der Waals surface area contributed by atoms with Gasteiger partial charge in [0.2, 0.25) is 0 Å². The fourth-order valence-corrected chi connectivity index (χ4v) is 3.69. The Morgan fingerprint density at radius 3 is 2.56 bits per heavy atom. The quantitative estimate of drug-likeness (QED) is 0.656. The van der Waals surface area contributed by atoms with Gasteiger partial charge in [-0.05, 0) is 56.4 Å². The van der Waals surface area contributed by atoms with Crippen molar-refractivity contribution in [1.29, 1.82) is 0 Å². The molecule has 1 nitrogen and oxygen atoms in total. The van der Waals surface area contributed by atoms with Crippen LogP contribution in [0.15, 0.2) is 0 Å². The molecule has 2 fully saturated rings. The minimum absolute atomic E-state index is 0.847. The molecule has 1 heteroatoms. The van der Waals surface area contributed by atoms with E-state index in [2.05, 4.69) is 19.2 Å². The van der Waals surface area contributed by atoms with Crippen molar-refractivity contribution in [2.45, 2.75) is 84.1 Å². The average Bonchev–Trinajstić information content (AvgIpc) is 3.24. The van der Waals surface area contributed by atoms with Crippen LogP contribution in [-0.4, -0.2) is 12.6 Å². The van der Waals surface area contributed by atoms with Gasteiger partial charge in [0.25, 0.3) is 0 Å². The monoisotopic (exact) mass is 251 g/mol. The van der Waals surface area contributed by atoms with Crippen molar-refractivity contribution in [3.63, 3.8) is 0 Å². The SMILES string of the molecule is CCCCC(CC)CNC1CCCC(C2CC2)C1. The van der Waals surface area contributed by atoms with Gasteiger partial charge >= 0.3 is 0 Å². The zero-order chi connectivity index (χ0) is 12.8. The molecule has 2 rings (SSSR count). The topological polar surface area (TPSA) is 12.0 Å². The van der Waals surface area contributed by atoms with Gasteiger partial charge in [0.15, 0.2) is 0 Å². The van der Waals surface area contributed by atoms with Crippen molar-refractivity contribution in [3.8, 4) is 0 Å². The van der Waals surface area contributed by atoms with Crippen LogP contribution in [0.1, 0.15) is 78.1 Å². The van der Waals surface area contributed by atoms with E-state index in [1.54, 1.807) is 0 Å². The van der Waals surface area contributed by atoms with Gasteiger partial charge in [-0.1, -0.05) is 46.0 Å². The van der Waals surface area contributed by atoms with Crippen LogP contribution in [0.4, 0.5) is 0 Å². The molecule has 0 aromatic heterocycles. The van der Waals surface area contributed by atoms with Crippen molar-refractivity contribution < 1.29 is 0 Å². The van der Waals surface area contributed by atoms with E-state index < -0.39 is 0 Å². The summed E-state index contributed by atoms with van der Waals surface area (Å²) in [6.07, 6.45) is 14.5. The van der Waals surface area contributed by atoms with Gasteiger partial charge < -0.3 is 5.32 Å². The molecular formula is C17H33N. The van der Waals surface area contributed by atoms with Gasteiger partial charge in [-0.25, -0.2) is 0 Å². The highest BCUT2D eigenvalue weighted by Gasteiger charge is 2.34. The van der Waals surface area contributed by atoms with Gasteiger partial charge in [0, 0.05) is 6.04 Å². The number of unbranched alkanes of at least 4 members (excludes halogenated alkanes) is 1. The minimum atomic E-state index is 0.847. The Balaban J connectivity index is 1.64. The molecule has 2 aliphatic rings. The molecule has 3 unspecified atom stereocenters. The number of hydrogen-bond donors (Lipinski definition) is 1. The summed E-state index contributed by atoms with van der Waals surface area (Å²) in [6.45, 7) is 5.94. The Morgan fingerprint density at radius 1 is 1.06 bits per heavy atom. The van der Waals surface area contributed by atoms with Crippen molar-refractivity contribution in [3.05, 3.63) is 0 Å². The molecule has 106 valence electrons. The molecule has 0 heterocycles. The van der Waals surface area contributed by atoms with Crippen LogP contribution in [0.2, 0.25) is 0 Å². The van der Waals surface area contributed by atoms with Crippen LogP contribution in [0.5, 0.6) is 0 Å². The second kappa shape index (κ2) is 7.53. The highest BCUT2D eigenvalue weighted by molar-refractivity contribution is 4.88. The Kier molecular flexibility index (Phi) is 6.01. The lowest BCUT2D eigenvalue weighted by Crippen LogP contribution is -2.37. The summed E-state index contributed by atoms with van der Waals surface area (Å²) in [5.41, 5.74) is 0. The Hall–Kier alpha value is -0.0400. The number of rotatable bonds is 8. The molecule has 3 atom stereocenters. The summed E-state index contributed by atoms with van der Waals surface area (Å²) in [5, 5.41) is 3.89. The lowest BCUT2D eigenvalue weighted by Gasteiger charge is -2.31. The van der Waals surface area contributed by atoms with E-state index >= 15 is 0 Å². The standard InChI is InChI=1S/C17H33N/c1-3-5-7-14(4-2)13-18-17-9-6-8-16(12-17)15-10-11-15/h14-18H,3-13H2,1-2H3. The van der Waals surface area contributed by atoms with E-state index in [1.807, 2.05) is 0 Å². The Bertz CT molecular complexity index is 222. The van der Waals surface area contributed by atoms with Crippen molar-refractivity contribution in [2.24, 2.45) is 17.8 Å². The zero-order valence-electron chi connectivity index (χ0n) is 12.6. The maximum atomic E-state index is 3.89. The highest BCUT2D eigenvalue weighted by atomic mass is 14.9. The van der Waals surface area contributed by atoms with Gasteiger partial charge in [-0.2, -0.15) is 0 Å². The van der Waals surface area contributed by atoms with E-state index in [9.17, 15) is 0 Å². The fourth-order valence-electron chi connectivity index (χ4n) is 3.69. The van der Waals surface area contributed by atoms with Crippen molar-refractivity contribution in [1.82, 2.24) is 5.32 Å². The first-order valence-corrected chi connectivity index (χ1v) is 8.56. The van der Waals surface area contributed by atoms with Crippen molar-refractivity contribution in [2.75, 3.05) is 6.54 Å². The van der Waals surface area contributed by atoms with Gasteiger partial charge in [-0.15, -0.1) is 0 Å². The fraction of sp³-hybridized carbons (Fsp3) is 1.00. The normalized spacial score (nSPS) is 30.3. The molecule has 0 bridgehead atoms. The summed E-state index contributed by atoms with van der Waals surface area (Å²) < 4.78 is 0. The lowest BCUT2D eigenvalue weighted by molar-refractivity contribution is 0.250. The first-order valence-electron chi connectivity index (χ1n) is 8.56. The molecule has 0 spiro atoms. The van der Waals surface area contributed by atoms with Crippen LogP contribution >= 0.6 is 0 Å². The summed E-state index contributed by atoms with van der Waals surface area (Å²) in [4.78, 5) is 0. The maximum absolute atomic E-state index is 3.89. The predicted octanol–water partition coefficient (Wildman–Crippen LogP) is 4.76. The van der Waals surface area contributed by atoms with E-state index in [-0.39, 0.29) is 0 Å². The second-order valence-corrected chi connectivity index (χ2v) is 6.79. The second-order valence-electron chi connectivity index (χ2n) is 6.79. The Morgan fingerprint density at radius 2 is 1.89 bits per heavy atom. The molecule has 2 saturated carbocycles. The van der Waals surface area contributed by atoms with Gasteiger partial charge in [-0.3, -0.25) is 0 Å². The van der Waals surface area contributed by atoms with Crippen LogP contribution in [0.3, 0.4) is 0 Å². The third kappa shape index (κ3) is 4.57. The summed E-state index contributed by atoms with van der Waals surface area (Å²) in [6, 6.07) is 0.847. The Labute approximate surface area is 114 Å². The average molecular weight is 251 g/mol. The summed E-state index contributed by atoms with van der Waals surface area (Å²) >= 11 is 0. The van der Waals surface area contributed by atoms with Crippen LogP contribution in [0.25, 0.3) is 0 Å². The van der Waals surface area contributed by atoms with Crippen LogP contribution in [0, 0.1) is 17.8 Å². The smallest absolute Gasteiger partial charge is 0.00699 e.